The van der Waals surface area contributed by atoms with Crippen molar-refractivity contribution in [2.45, 2.75) is 0 Å². The molecule has 0 saturated carbocycles. The molecule has 0 spiro atoms. The molecule has 2 aliphatic heterocycles. The van der Waals surface area contributed by atoms with E-state index in [2.05, 4.69) is 15.5 Å². The highest BCUT2D eigenvalue weighted by molar-refractivity contribution is 8.15. The van der Waals surface area contributed by atoms with Crippen LogP contribution in [0.25, 0.3) is 0 Å². The van der Waals surface area contributed by atoms with E-state index < -0.39 is 0 Å². The van der Waals surface area contributed by atoms with Gasteiger partial charge in [0.1, 0.15) is 5.75 Å². The number of nitrogens with one attached hydrogen (secondary N) is 1. The van der Waals surface area contributed by atoms with Crippen LogP contribution in [0.3, 0.4) is 0 Å². The third-order valence-corrected chi connectivity index (χ3v) is 3.52. The quantitative estimate of drug-likeness (QED) is 0.663. The number of methoxy groups -OCH3 is 1. The van der Waals surface area contributed by atoms with E-state index in [1.54, 1.807) is 25.5 Å². The van der Waals surface area contributed by atoms with Crippen molar-refractivity contribution in [3.05, 3.63) is 17.7 Å². The predicted molar refractivity (Wildman–Crippen MR) is 74.7 cm³/mol. The first-order valence-electron chi connectivity index (χ1n) is 5.77. The molecule has 0 aliphatic carbocycles. The van der Waals surface area contributed by atoms with Crippen LogP contribution in [0.1, 0.15) is 5.56 Å². The van der Waals surface area contributed by atoms with Gasteiger partial charge in [0.15, 0.2) is 16.7 Å². The van der Waals surface area contributed by atoms with Crippen molar-refractivity contribution in [3.63, 3.8) is 0 Å². The molecule has 0 atom stereocenters. The Hall–Kier alpha value is -2.22. The smallest absolute Gasteiger partial charge is 0.236 e. The first-order chi connectivity index (χ1) is 9.76. The Balaban J connectivity index is 1.81. The second kappa shape index (κ2) is 5.41. The highest BCUT2D eigenvalue weighted by Gasteiger charge is 2.18. The molecule has 1 fully saturated rings. The number of carbonyl (C=O) groups is 1. The molecule has 104 valence electrons. The Kier molecular flexibility index (Phi) is 3.46. The van der Waals surface area contributed by atoms with Gasteiger partial charge in [0.05, 0.1) is 19.1 Å². The number of ether oxygens (including phenoxy) is 3. The van der Waals surface area contributed by atoms with Crippen LogP contribution < -0.4 is 19.5 Å². The Morgan fingerprint density at radius 3 is 2.90 bits per heavy atom. The van der Waals surface area contributed by atoms with E-state index >= 15 is 0 Å². The van der Waals surface area contributed by atoms with Crippen molar-refractivity contribution in [1.82, 2.24) is 5.32 Å². The maximum Gasteiger partial charge on any atom is 0.236 e. The average Bonchev–Trinajstić information content (AvgIpc) is 3.06. The number of amides is 1. The van der Waals surface area contributed by atoms with Gasteiger partial charge in [-0.05, 0) is 6.07 Å². The van der Waals surface area contributed by atoms with Crippen LogP contribution >= 0.6 is 11.8 Å². The summed E-state index contributed by atoms with van der Waals surface area (Å²) in [5.74, 6) is 2.21. The topological polar surface area (TPSA) is 81.5 Å². The molecular formula is C12H11N3O4S. The van der Waals surface area contributed by atoms with Gasteiger partial charge in [-0.2, -0.15) is 5.10 Å². The van der Waals surface area contributed by atoms with Gasteiger partial charge in [-0.15, -0.1) is 5.10 Å². The van der Waals surface area contributed by atoms with Crippen molar-refractivity contribution in [3.8, 4) is 17.2 Å². The first kappa shape index (κ1) is 12.8. The van der Waals surface area contributed by atoms with E-state index in [0.29, 0.717) is 28.2 Å². The van der Waals surface area contributed by atoms with Crippen LogP contribution in [0.5, 0.6) is 17.2 Å². The van der Waals surface area contributed by atoms with Crippen LogP contribution in [0.4, 0.5) is 0 Å². The molecule has 1 aromatic rings. The summed E-state index contributed by atoms with van der Waals surface area (Å²) in [6.07, 6.45) is 1.54. The van der Waals surface area contributed by atoms with E-state index in [-0.39, 0.29) is 12.7 Å². The van der Waals surface area contributed by atoms with E-state index in [4.69, 9.17) is 14.2 Å². The van der Waals surface area contributed by atoms with Crippen LogP contribution in [-0.2, 0) is 4.79 Å². The Bertz CT molecular complexity index is 615. The van der Waals surface area contributed by atoms with Gasteiger partial charge in [-0.1, -0.05) is 11.8 Å². The molecule has 1 N–H and O–H groups in total. The van der Waals surface area contributed by atoms with Gasteiger partial charge < -0.3 is 19.5 Å². The molecule has 8 heteroatoms. The van der Waals surface area contributed by atoms with E-state index in [1.165, 1.54) is 11.8 Å². The number of fused-ring (bicyclic) bond motifs is 1. The largest absolute Gasteiger partial charge is 0.496 e. The van der Waals surface area contributed by atoms with Crippen LogP contribution in [0.15, 0.2) is 22.3 Å². The zero-order valence-electron chi connectivity index (χ0n) is 10.6. The summed E-state index contributed by atoms with van der Waals surface area (Å²) in [4.78, 5) is 11.0. The summed E-state index contributed by atoms with van der Waals surface area (Å²) in [5, 5.41) is 11.0. The van der Waals surface area contributed by atoms with Crippen molar-refractivity contribution in [2.75, 3.05) is 19.7 Å². The Labute approximate surface area is 119 Å². The minimum absolute atomic E-state index is 0.0652. The fourth-order valence-corrected chi connectivity index (χ4v) is 2.37. The predicted octanol–water partition coefficient (Wildman–Crippen LogP) is 0.977. The van der Waals surface area contributed by atoms with Crippen LogP contribution in [0, 0.1) is 0 Å². The molecule has 1 aromatic carbocycles. The fourth-order valence-electron chi connectivity index (χ4n) is 1.74. The third-order valence-electron chi connectivity index (χ3n) is 2.66. The molecule has 20 heavy (non-hydrogen) atoms. The molecule has 0 aromatic heterocycles. The monoisotopic (exact) mass is 293 g/mol. The number of rotatable bonds is 3. The van der Waals surface area contributed by atoms with Gasteiger partial charge in [-0.3, -0.25) is 4.79 Å². The lowest BCUT2D eigenvalue weighted by Crippen LogP contribution is -2.19. The van der Waals surface area contributed by atoms with Gasteiger partial charge >= 0.3 is 0 Å². The normalized spacial score (nSPS) is 18.9. The minimum Gasteiger partial charge on any atom is -0.496 e. The molecule has 0 unspecified atom stereocenters. The summed E-state index contributed by atoms with van der Waals surface area (Å²) >= 11 is 1.32. The molecule has 2 heterocycles. The van der Waals surface area contributed by atoms with Crippen LogP contribution in [-0.4, -0.2) is 36.9 Å². The molecular weight excluding hydrogens is 282 g/mol. The zero-order chi connectivity index (χ0) is 13.9. The lowest BCUT2D eigenvalue weighted by molar-refractivity contribution is -0.116. The maximum absolute atomic E-state index is 11.0. The number of hydrogen-bond donors (Lipinski definition) is 1. The van der Waals surface area contributed by atoms with Crippen molar-refractivity contribution >= 4 is 29.1 Å². The van der Waals surface area contributed by atoms with Gasteiger partial charge in [-0.25, -0.2) is 0 Å². The molecule has 0 radical (unpaired) electrons. The van der Waals surface area contributed by atoms with Crippen LogP contribution in [0.2, 0.25) is 0 Å². The fraction of sp³-hybridized carbons (Fsp3) is 0.250. The number of nitrogens with zero attached hydrogens (tertiary/aromatic N) is 2. The SMILES string of the molecule is COc1cc2c(cc1C=NN=C1NC(=O)CS1)OCO2. The molecule has 0 bridgehead atoms. The average molecular weight is 293 g/mol. The van der Waals surface area contributed by atoms with Crippen molar-refractivity contribution in [2.24, 2.45) is 10.2 Å². The Morgan fingerprint density at radius 1 is 1.40 bits per heavy atom. The minimum atomic E-state index is -0.0652. The summed E-state index contributed by atoms with van der Waals surface area (Å²) in [7, 11) is 1.56. The van der Waals surface area contributed by atoms with E-state index in [1.807, 2.05) is 0 Å². The number of hydrogen-bond acceptors (Lipinski definition) is 7. The zero-order valence-corrected chi connectivity index (χ0v) is 11.4. The van der Waals surface area contributed by atoms with Crippen molar-refractivity contribution < 1.29 is 19.0 Å². The third kappa shape index (κ3) is 2.55. The number of amidine groups is 1. The Morgan fingerprint density at radius 2 is 2.20 bits per heavy atom. The van der Waals surface area contributed by atoms with E-state index in [0.717, 1.165) is 5.56 Å². The molecule has 1 amide bonds. The van der Waals surface area contributed by atoms with E-state index in [9.17, 15) is 4.79 Å². The summed E-state index contributed by atoms with van der Waals surface area (Å²) < 4.78 is 15.8. The summed E-state index contributed by atoms with van der Waals surface area (Å²) in [6.45, 7) is 0.198. The molecule has 7 nitrogen and oxygen atoms in total. The van der Waals surface area contributed by atoms with Gasteiger partial charge in [0.25, 0.3) is 0 Å². The lowest BCUT2D eigenvalue weighted by atomic mass is 10.2. The maximum atomic E-state index is 11.0. The lowest BCUT2D eigenvalue weighted by Gasteiger charge is -2.05. The van der Waals surface area contributed by atoms with Crippen molar-refractivity contribution in [1.29, 1.82) is 0 Å². The standard InChI is InChI=1S/C12H11N3O4S/c1-17-8-3-10-9(18-6-19-10)2-7(8)4-13-15-12-14-11(16)5-20-12/h2-4H,5-6H2,1H3,(H,14,15,16). The van der Waals surface area contributed by atoms with Gasteiger partial charge in [0, 0.05) is 11.6 Å². The van der Waals surface area contributed by atoms with Gasteiger partial charge in [0.2, 0.25) is 12.7 Å². The highest BCUT2D eigenvalue weighted by Crippen LogP contribution is 2.37. The summed E-state index contributed by atoms with van der Waals surface area (Å²) in [6, 6.07) is 3.51. The number of thioether (sulfide) groups is 1. The molecule has 2 aliphatic rings. The number of carbonyl (C=O) groups excluding carboxylic acids is 1. The first-order valence-corrected chi connectivity index (χ1v) is 6.76. The molecule has 3 rings (SSSR count). The highest BCUT2D eigenvalue weighted by atomic mass is 32.2. The second-order valence-electron chi connectivity index (χ2n) is 3.93. The number of benzene rings is 1. The molecule has 1 saturated heterocycles. The second-order valence-corrected chi connectivity index (χ2v) is 4.90. The summed E-state index contributed by atoms with van der Waals surface area (Å²) in [5.41, 5.74) is 0.718.